The van der Waals surface area contributed by atoms with E-state index in [1.54, 1.807) is 30.7 Å². The number of nitrogens with zero attached hydrogens (tertiary/aromatic N) is 2. The molecule has 5 heteroatoms. The molecule has 3 nitrogen and oxygen atoms in total. The van der Waals surface area contributed by atoms with E-state index in [4.69, 9.17) is 11.6 Å². The molecule has 0 N–H and O–H groups in total. The third-order valence-electron chi connectivity index (χ3n) is 3.36. The quantitative estimate of drug-likeness (QED) is 0.520. The molecule has 0 atom stereocenters. The summed E-state index contributed by atoms with van der Waals surface area (Å²) in [5.74, 6) is -0.682. The van der Waals surface area contributed by atoms with E-state index >= 15 is 0 Å². The Bertz CT molecular complexity index is 835. The highest BCUT2D eigenvalue weighted by atomic mass is 35.5. The zero-order chi connectivity index (χ0) is 16.2. The van der Waals surface area contributed by atoms with Crippen molar-refractivity contribution in [3.63, 3.8) is 0 Å². The molecular formula is C18H12ClFN2O. The molecule has 0 radical (unpaired) electrons. The van der Waals surface area contributed by atoms with Gasteiger partial charge in [0.15, 0.2) is 5.78 Å². The maximum Gasteiger partial charge on any atom is 0.185 e. The standard InChI is InChI=1S/C18H12ClFN2O/c19-16-2-1-3-17(20)15(16)8-9-18(23)13-4-6-14(7-5-13)22-11-10-21-12-22/h1-12H/b9-8+. The zero-order valence-corrected chi connectivity index (χ0v) is 12.7. The molecule has 0 bridgehead atoms. The van der Waals surface area contributed by atoms with Crippen LogP contribution in [0.4, 0.5) is 4.39 Å². The maximum absolute atomic E-state index is 13.7. The van der Waals surface area contributed by atoms with Gasteiger partial charge in [-0.15, -0.1) is 0 Å². The van der Waals surface area contributed by atoms with Crippen molar-refractivity contribution in [2.75, 3.05) is 0 Å². The van der Waals surface area contributed by atoms with Gasteiger partial charge in [0.25, 0.3) is 0 Å². The van der Waals surface area contributed by atoms with Crippen molar-refractivity contribution < 1.29 is 9.18 Å². The second kappa shape index (κ2) is 6.58. The van der Waals surface area contributed by atoms with Gasteiger partial charge in [0.05, 0.1) is 11.3 Å². The van der Waals surface area contributed by atoms with Gasteiger partial charge in [-0.05, 0) is 48.6 Å². The lowest BCUT2D eigenvalue weighted by Gasteiger charge is -2.03. The predicted molar refractivity (Wildman–Crippen MR) is 88.3 cm³/mol. The summed E-state index contributed by atoms with van der Waals surface area (Å²) in [6.07, 6.45) is 7.88. The molecule has 1 heterocycles. The summed E-state index contributed by atoms with van der Waals surface area (Å²) in [6, 6.07) is 11.5. The average molecular weight is 327 g/mol. The normalized spacial score (nSPS) is 11.0. The van der Waals surface area contributed by atoms with E-state index in [2.05, 4.69) is 4.98 Å². The summed E-state index contributed by atoms with van der Waals surface area (Å²) >= 11 is 5.93. The highest BCUT2D eigenvalue weighted by Crippen LogP contribution is 2.20. The first-order chi connectivity index (χ1) is 11.1. The van der Waals surface area contributed by atoms with Crippen molar-refractivity contribution in [3.05, 3.63) is 89.2 Å². The maximum atomic E-state index is 13.7. The van der Waals surface area contributed by atoms with Crippen LogP contribution < -0.4 is 0 Å². The molecule has 0 saturated heterocycles. The number of hydrogen-bond acceptors (Lipinski definition) is 2. The van der Waals surface area contributed by atoms with Gasteiger partial charge in [0, 0.05) is 29.2 Å². The van der Waals surface area contributed by atoms with Gasteiger partial charge in [0.2, 0.25) is 0 Å². The highest BCUT2D eigenvalue weighted by Gasteiger charge is 2.06. The van der Waals surface area contributed by atoms with E-state index < -0.39 is 5.82 Å². The third kappa shape index (κ3) is 3.38. The lowest BCUT2D eigenvalue weighted by molar-refractivity contribution is 0.104. The van der Waals surface area contributed by atoms with Crippen LogP contribution in [0, 0.1) is 5.82 Å². The number of aromatic nitrogens is 2. The van der Waals surface area contributed by atoms with Crippen LogP contribution in [-0.2, 0) is 0 Å². The van der Waals surface area contributed by atoms with Crippen LogP contribution in [0.1, 0.15) is 15.9 Å². The number of allylic oxidation sites excluding steroid dienone is 1. The number of imidazole rings is 1. The molecular weight excluding hydrogens is 315 g/mol. The molecule has 0 aliphatic heterocycles. The second-order valence-electron chi connectivity index (χ2n) is 4.85. The first kappa shape index (κ1) is 15.2. The number of benzene rings is 2. The minimum absolute atomic E-state index is 0.206. The molecule has 114 valence electrons. The monoisotopic (exact) mass is 326 g/mol. The largest absolute Gasteiger partial charge is 0.306 e. The molecule has 0 aliphatic carbocycles. The van der Waals surface area contributed by atoms with E-state index in [0.29, 0.717) is 5.56 Å². The van der Waals surface area contributed by atoms with Crippen molar-refractivity contribution >= 4 is 23.5 Å². The smallest absolute Gasteiger partial charge is 0.185 e. The Kier molecular flexibility index (Phi) is 4.35. The van der Waals surface area contributed by atoms with Crippen LogP contribution in [0.2, 0.25) is 5.02 Å². The number of hydrogen-bond donors (Lipinski definition) is 0. The van der Waals surface area contributed by atoms with Crippen molar-refractivity contribution in [3.8, 4) is 5.69 Å². The first-order valence-corrected chi connectivity index (χ1v) is 7.28. The van der Waals surface area contributed by atoms with Gasteiger partial charge in [-0.3, -0.25) is 4.79 Å². The predicted octanol–water partition coefficient (Wildman–Crippen LogP) is 4.56. The molecule has 0 saturated carbocycles. The van der Waals surface area contributed by atoms with E-state index in [9.17, 15) is 9.18 Å². The van der Waals surface area contributed by atoms with Gasteiger partial charge in [-0.2, -0.15) is 0 Å². The van der Waals surface area contributed by atoms with Crippen molar-refractivity contribution in [2.45, 2.75) is 0 Å². The van der Waals surface area contributed by atoms with Gasteiger partial charge in [0.1, 0.15) is 5.82 Å². The SMILES string of the molecule is O=C(/C=C/c1c(F)cccc1Cl)c1ccc(-n2ccnc2)cc1. The van der Waals surface area contributed by atoms with Crippen molar-refractivity contribution in [2.24, 2.45) is 0 Å². The lowest BCUT2D eigenvalue weighted by atomic mass is 10.1. The Labute approximate surface area is 137 Å². The molecule has 23 heavy (non-hydrogen) atoms. The average Bonchev–Trinajstić information content (AvgIpc) is 3.09. The van der Waals surface area contributed by atoms with Crippen LogP contribution >= 0.6 is 11.6 Å². The minimum atomic E-state index is -0.461. The molecule has 1 aromatic heterocycles. The van der Waals surface area contributed by atoms with Crippen LogP contribution in [-0.4, -0.2) is 15.3 Å². The van der Waals surface area contributed by atoms with Gasteiger partial charge >= 0.3 is 0 Å². The van der Waals surface area contributed by atoms with Crippen molar-refractivity contribution in [1.29, 1.82) is 0 Å². The third-order valence-corrected chi connectivity index (χ3v) is 3.69. The fourth-order valence-corrected chi connectivity index (χ4v) is 2.36. The summed E-state index contributed by atoms with van der Waals surface area (Å²) in [5.41, 5.74) is 1.62. The second-order valence-corrected chi connectivity index (χ2v) is 5.26. The summed E-state index contributed by atoms with van der Waals surface area (Å²) in [6.45, 7) is 0. The Morgan fingerprint density at radius 2 is 1.96 bits per heavy atom. The Morgan fingerprint density at radius 1 is 1.17 bits per heavy atom. The van der Waals surface area contributed by atoms with Crippen LogP contribution in [0.25, 0.3) is 11.8 Å². The van der Waals surface area contributed by atoms with E-state index in [0.717, 1.165) is 5.69 Å². The first-order valence-electron chi connectivity index (χ1n) is 6.90. The molecule has 0 spiro atoms. The molecule has 0 unspecified atom stereocenters. The summed E-state index contributed by atoms with van der Waals surface area (Å²) < 4.78 is 15.5. The topological polar surface area (TPSA) is 34.9 Å². The summed E-state index contributed by atoms with van der Waals surface area (Å²) in [7, 11) is 0. The minimum Gasteiger partial charge on any atom is -0.306 e. The van der Waals surface area contributed by atoms with Crippen LogP contribution in [0.5, 0.6) is 0 Å². The molecule has 3 aromatic rings. The van der Waals surface area contributed by atoms with Gasteiger partial charge in [-0.1, -0.05) is 17.7 Å². The Hall–Kier alpha value is -2.72. The molecule has 2 aromatic carbocycles. The number of carbonyl (C=O) groups excluding carboxylic acids is 1. The lowest BCUT2D eigenvalue weighted by Crippen LogP contribution is -1.96. The van der Waals surface area contributed by atoms with E-state index in [-0.39, 0.29) is 16.4 Å². The number of carbonyl (C=O) groups is 1. The van der Waals surface area contributed by atoms with Gasteiger partial charge < -0.3 is 4.57 Å². The van der Waals surface area contributed by atoms with Crippen molar-refractivity contribution in [1.82, 2.24) is 9.55 Å². The summed E-state index contributed by atoms with van der Waals surface area (Å²) in [5, 5.41) is 0.268. The van der Waals surface area contributed by atoms with E-state index in [1.165, 1.54) is 24.3 Å². The molecule has 3 rings (SSSR count). The molecule has 0 fully saturated rings. The zero-order valence-electron chi connectivity index (χ0n) is 12.0. The van der Waals surface area contributed by atoms with E-state index in [1.807, 2.05) is 22.9 Å². The fourth-order valence-electron chi connectivity index (χ4n) is 2.13. The highest BCUT2D eigenvalue weighted by molar-refractivity contribution is 6.32. The fraction of sp³-hybridized carbons (Fsp3) is 0. The number of rotatable bonds is 4. The van der Waals surface area contributed by atoms with Crippen LogP contribution in [0.15, 0.2) is 67.3 Å². The van der Waals surface area contributed by atoms with Crippen LogP contribution in [0.3, 0.4) is 0 Å². The molecule has 0 aliphatic rings. The summed E-state index contributed by atoms with van der Waals surface area (Å²) in [4.78, 5) is 16.1. The Morgan fingerprint density at radius 3 is 2.61 bits per heavy atom. The number of ketones is 1. The number of halogens is 2. The Balaban J connectivity index is 1.80. The van der Waals surface area contributed by atoms with Gasteiger partial charge in [-0.25, -0.2) is 9.37 Å². The molecule has 0 amide bonds.